The van der Waals surface area contributed by atoms with Crippen molar-refractivity contribution in [1.29, 1.82) is 0 Å². The minimum absolute atomic E-state index is 0.201. The molecule has 0 fully saturated rings. The quantitative estimate of drug-likeness (QED) is 0.364. The van der Waals surface area contributed by atoms with Crippen LogP contribution in [0.25, 0.3) is 10.2 Å². The smallest absolute Gasteiger partial charge is 0.306 e. The molecular formula is C13H18N4O2S2. The zero-order valence-electron chi connectivity index (χ0n) is 12.2. The van der Waals surface area contributed by atoms with E-state index < -0.39 is 0 Å². The molecule has 114 valence electrons. The van der Waals surface area contributed by atoms with Crippen LogP contribution in [0.15, 0.2) is 0 Å². The van der Waals surface area contributed by atoms with Gasteiger partial charge in [-0.05, 0) is 19.4 Å². The molecule has 2 aromatic heterocycles. The van der Waals surface area contributed by atoms with Gasteiger partial charge in [0.15, 0.2) is 5.82 Å². The van der Waals surface area contributed by atoms with Gasteiger partial charge in [-0.1, -0.05) is 0 Å². The first-order chi connectivity index (χ1) is 10.1. The summed E-state index contributed by atoms with van der Waals surface area (Å²) in [5.41, 5.74) is 3.81. The Morgan fingerprint density at radius 1 is 1.43 bits per heavy atom. The maximum atomic E-state index is 11.0. The van der Waals surface area contributed by atoms with Gasteiger partial charge in [0, 0.05) is 10.6 Å². The number of hydrazine groups is 1. The van der Waals surface area contributed by atoms with E-state index in [4.69, 9.17) is 5.84 Å². The maximum Gasteiger partial charge on any atom is 0.306 e. The lowest BCUT2D eigenvalue weighted by molar-refractivity contribution is -0.140. The predicted molar refractivity (Wildman–Crippen MR) is 87.5 cm³/mol. The third kappa shape index (κ3) is 3.63. The van der Waals surface area contributed by atoms with E-state index in [0.29, 0.717) is 29.6 Å². The summed E-state index contributed by atoms with van der Waals surface area (Å²) in [5.74, 6) is 8.06. The van der Waals surface area contributed by atoms with Crippen LogP contribution in [0, 0.1) is 13.8 Å². The van der Waals surface area contributed by atoms with Gasteiger partial charge >= 0.3 is 5.97 Å². The number of aryl methyl sites for hydroxylation is 2. The SMILES string of the molecule is COC(=O)CCSCc1nc(NN)c2c(C)c(C)sc2n1. The monoisotopic (exact) mass is 326 g/mol. The van der Waals surface area contributed by atoms with Gasteiger partial charge in [-0.2, -0.15) is 11.8 Å². The molecule has 0 aliphatic rings. The molecular weight excluding hydrogens is 308 g/mol. The standard InChI is InChI=1S/C13H18N4O2S2/c1-7-8(2)21-13-11(7)12(17-14)15-9(16-13)6-20-5-4-10(18)19-3/h4-6,14H2,1-3H3,(H,15,16,17). The summed E-state index contributed by atoms with van der Waals surface area (Å²) in [6.07, 6.45) is 0.391. The highest BCUT2D eigenvalue weighted by Crippen LogP contribution is 2.33. The molecule has 2 heterocycles. The van der Waals surface area contributed by atoms with E-state index in [2.05, 4.69) is 27.1 Å². The first-order valence-electron chi connectivity index (χ1n) is 6.44. The number of carbonyl (C=O) groups is 1. The van der Waals surface area contributed by atoms with E-state index in [-0.39, 0.29) is 5.97 Å². The molecule has 0 aliphatic heterocycles. The fourth-order valence-corrected chi connectivity index (χ4v) is 3.70. The minimum atomic E-state index is -0.201. The van der Waals surface area contributed by atoms with Crippen LogP contribution in [0.5, 0.6) is 0 Å². The molecule has 0 saturated carbocycles. The van der Waals surface area contributed by atoms with Crippen LogP contribution >= 0.6 is 23.1 Å². The Bertz CT molecular complexity index is 657. The average molecular weight is 326 g/mol. The van der Waals surface area contributed by atoms with Crippen molar-refractivity contribution in [3.8, 4) is 0 Å². The number of fused-ring (bicyclic) bond motifs is 1. The van der Waals surface area contributed by atoms with Gasteiger partial charge in [0.2, 0.25) is 0 Å². The second-order valence-corrected chi connectivity index (χ2v) is 6.78. The molecule has 0 unspecified atom stereocenters. The van der Waals surface area contributed by atoms with Crippen LogP contribution in [0.2, 0.25) is 0 Å². The molecule has 2 rings (SSSR count). The highest BCUT2D eigenvalue weighted by molar-refractivity contribution is 7.98. The lowest BCUT2D eigenvalue weighted by Crippen LogP contribution is -2.11. The summed E-state index contributed by atoms with van der Waals surface area (Å²) in [5, 5.41) is 0.989. The van der Waals surface area contributed by atoms with Crippen molar-refractivity contribution < 1.29 is 9.53 Å². The first kappa shape index (κ1) is 16.0. The van der Waals surface area contributed by atoms with Gasteiger partial charge < -0.3 is 10.2 Å². The van der Waals surface area contributed by atoms with E-state index in [1.54, 1.807) is 23.1 Å². The Morgan fingerprint density at radius 2 is 2.19 bits per heavy atom. The van der Waals surface area contributed by atoms with E-state index in [1.165, 1.54) is 12.0 Å². The van der Waals surface area contributed by atoms with Crippen LogP contribution in [-0.2, 0) is 15.3 Å². The van der Waals surface area contributed by atoms with Gasteiger partial charge in [-0.15, -0.1) is 11.3 Å². The van der Waals surface area contributed by atoms with Crippen molar-refractivity contribution in [2.45, 2.75) is 26.0 Å². The fraction of sp³-hybridized carbons (Fsp3) is 0.462. The van der Waals surface area contributed by atoms with Crippen molar-refractivity contribution in [3.63, 3.8) is 0 Å². The van der Waals surface area contributed by atoms with Crippen molar-refractivity contribution in [1.82, 2.24) is 9.97 Å². The summed E-state index contributed by atoms with van der Waals surface area (Å²) in [4.78, 5) is 22.2. The molecule has 0 aromatic carbocycles. The number of anilines is 1. The number of esters is 1. The second-order valence-electron chi connectivity index (χ2n) is 4.47. The molecule has 3 N–H and O–H groups in total. The number of nitrogens with two attached hydrogens (primary N) is 1. The molecule has 0 amide bonds. The number of carbonyl (C=O) groups excluding carboxylic acids is 1. The van der Waals surface area contributed by atoms with Gasteiger partial charge in [0.05, 0.1) is 24.7 Å². The van der Waals surface area contributed by atoms with Crippen LogP contribution in [0.4, 0.5) is 5.82 Å². The zero-order valence-corrected chi connectivity index (χ0v) is 13.9. The molecule has 2 aromatic rings. The molecule has 21 heavy (non-hydrogen) atoms. The fourth-order valence-electron chi connectivity index (χ4n) is 1.88. The largest absolute Gasteiger partial charge is 0.469 e. The van der Waals surface area contributed by atoms with Gasteiger partial charge in [0.25, 0.3) is 0 Å². The number of hydrogen-bond donors (Lipinski definition) is 2. The van der Waals surface area contributed by atoms with Crippen LogP contribution in [-0.4, -0.2) is 28.8 Å². The molecule has 0 bridgehead atoms. The van der Waals surface area contributed by atoms with E-state index in [1.807, 2.05) is 6.92 Å². The molecule has 0 aliphatic carbocycles. The Kier molecular flexibility index (Phi) is 5.38. The maximum absolute atomic E-state index is 11.0. The Hall–Kier alpha value is -1.38. The Morgan fingerprint density at radius 3 is 2.86 bits per heavy atom. The van der Waals surface area contributed by atoms with Gasteiger partial charge in [-0.3, -0.25) is 4.79 Å². The normalized spacial score (nSPS) is 10.9. The van der Waals surface area contributed by atoms with E-state index in [0.717, 1.165) is 15.8 Å². The van der Waals surface area contributed by atoms with Crippen LogP contribution < -0.4 is 11.3 Å². The molecule has 0 spiro atoms. The number of ether oxygens (including phenoxy) is 1. The van der Waals surface area contributed by atoms with E-state index in [9.17, 15) is 4.79 Å². The Balaban J connectivity index is 2.12. The van der Waals surface area contributed by atoms with E-state index >= 15 is 0 Å². The summed E-state index contributed by atoms with van der Waals surface area (Å²) in [6, 6.07) is 0. The Labute approximate surface area is 131 Å². The van der Waals surface area contributed by atoms with Crippen molar-refractivity contribution in [2.75, 3.05) is 18.3 Å². The summed E-state index contributed by atoms with van der Waals surface area (Å²) in [7, 11) is 1.39. The highest BCUT2D eigenvalue weighted by atomic mass is 32.2. The van der Waals surface area contributed by atoms with Crippen LogP contribution in [0.3, 0.4) is 0 Å². The number of thioether (sulfide) groups is 1. The predicted octanol–water partition coefficient (Wildman–Crippen LogP) is 2.39. The molecule has 8 heteroatoms. The molecule has 0 saturated heterocycles. The van der Waals surface area contributed by atoms with Gasteiger partial charge in [0.1, 0.15) is 10.7 Å². The lowest BCUT2D eigenvalue weighted by atomic mass is 10.2. The van der Waals surface area contributed by atoms with Crippen molar-refractivity contribution in [2.24, 2.45) is 5.84 Å². The number of methoxy groups -OCH3 is 1. The molecule has 6 nitrogen and oxygen atoms in total. The zero-order chi connectivity index (χ0) is 15.4. The third-order valence-corrected chi connectivity index (χ3v) is 5.18. The molecule has 0 radical (unpaired) electrons. The van der Waals surface area contributed by atoms with Crippen LogP contribution in [0.1, 0.15) is 22.7 Å². The lowest BCUT2D eigenvalue weighted by Gasteiger charge is -2.06. The second kappa shape index (κ2) is 7.06. The average Bonchev–Trinajstić information content (AvgIpc) is 2.77. The summed E-state index contributed by atoms with van der Waals surface area (Å²) < 4.78 is 4.60. The highest BCUT2D eigenvalue weighted by Gasteiger charge is 2.14. The first-order valence-corrected chi connectivity index (χ1v) is 8.41. The van der Waals surface area contributed by atoms with Gasteiger partial charge in [-0.25, -0.2) is 15.8 Å². The number of nitrogens with one attached hydrogen (secondary N) is 1. The number of thiophene rings is 1. The number of aromatic nitrogens is 2. The van der Waals surface area contributed by atoms with Crippen molar-refractivity contribution >= 4 is 45.1 Å². The number of nitrogens with zero attached hydrogens (tertiary/aromatic N) is 2. The number of hydrogen-bond acceptors (Lipinski definition) is 8. The number of nitrogen functional groups attached to an aromatic ring is 1. The summed E-state index contributed by atoms with van der Waals surface area (Å²) >= 11 is 3.24. The summed E-state index contributed by atoms with van der Waals surface area (Å²) in [6.45, 7) is 4.11. The minimum Gasteiger partial charge on any atom is -0.469 e. The third-order valence-electron chi connectivity index (χ3n) is 3.12. The number of rotatable bonds is 6. The molecule has 0 atom stereocenters. The van der Waals surface area contributed by atoms with Crippen molar-refractivity contribution in [3.05, 3.63) is 16.3 Å². The topological polar surface area (TPSA) is 90.1 Å².